The average molecular weight is 295 g/mol. The third-order valence-electron chi connectivity index (χ3n) is 2.60. The molecular weight excluding hydrogens is 283 g/mol. The molecule has 0 fully saturated rings. The lowest BCUT2D eigenvalue weighted by molar-refractivity contribution is -0.137. The fourth-order valence-corrected chi connectivity index (χ4v) is 1.53. The van der Waals surface area contributed by atoms with Crippen LogP contribution in [0.15, 0.2) is 18.2 Å². The Morgan fingerprint density at radius 3 is 2.67 bits per heavy atom. The van der Waals surface area contributed by atoms with Gasteiger partial charge in [0.25, 0.3) is 0 Å². The summed E-state index contributed by atoms with van der Waals surface area (Å²) < 4.78 is 37.7. The van der Waals surface area contributed by atoms with Gasteiger partial charge in [0.1, 0.15) is 12.1 Å². The van der Waals surface area contributed by atoms with Crippen molar-refractivity contribution in [3.05, 3.63) is 29.3 Å². The first-order chi connectivity index (χ1) is 9.79. The molecule has 21 heavy (non-hydrogen) atoms. The van der Waals surface area contributed by atoms with Crippen LogP contribution in [0.4, 0.5) is 18.9 Å². The Balaban J connectivity index is 2.92. The van der Waals surface area contributed by atoms with Gasteiger partial charge in [0.2, 0.25) is 5.91 Å². The Kier molecular flexibility index (Phi) is 5.20. The van der Waals surface area contributed by atoms with Gasteiger partial charge in [-0.25, -0.2) is 0 Å². The molecule has 0 heterocycles. The van der Waals surface area contributed by atoms with Crippen LogP contribution in [0, 0.1) is 23.7 Å². The van der Waals surface area contributed by atoms with Gasteiger partial charge < -0.3 is 10.6 Å². The second-order valence-electron chi connectivity index (χ2n) is 4.16. The van der Waals surface area contributed by atoms with Crippen LogP contribution in [0.2, 0.25) is 0 Å². The molecule has 0 aliphatic rings. The summed E-state index contributed by atoms with van der Waals surface area (Å²) in [5.74, 6) is 1.81. The van der Waals surface area contributed by atoms with Gasteiger partial charge in [-0.2, -0.15) is 18.4 Å². The van der Waals surface area contributed by atoms with Crippen molar-refractivity contribution < 1.29 is 18.0 Å². The van der Waals surface area contributed by atoms with Crippen LogP contribution in [-0.2, 0) is 11.0 Å². The number of halogens is 3. The highest BCUT2D eigenvalue weighted by molar-refractivity contribution is 5.84. The number of anilines is 1. The van der Waals surface area contributed by atoms with Crippen LogP contribution in [0.1, 0.15) is 18.1 Å². The molecule has 0 bridgehead atoms. The van der Waals surface area contributed by atoms with Crippen molar-refractivity contribution in [3.8, 4) is 18.4 Å². The lowest BCUT2D eigenvalue weighted by Crippen LogP contribution is -2.37. The molecule has 1 unspecified atom stereocenters. The number of alkyl halides is 3. The number of nitrogens with zero attached hydrogens (tertiary/aromatic N) is 1. The Hall–Kier alpha value is -2.67. The van der Waals surface area contributed by atoms with E-state index in [0.717, 1.165) is 18.2 Å². The maximum atomic E-state index is 12.6. The van der Waals surface area contributed by atoms with Crippen molar-refractivity contribution >= 4 is 11.6 Å². The Labute approximate surface area is 120 Å². The van der Waals surface area contributed by atoms with Crippen LogP contribution in [-0.4, -0.2) is 18.5 Å². The predicted molar refractivity (Wildman–Crippen MR) is 71.1 cm³/mol. The standard InChI is InChI=1S/C14H12F3N3O/c1-3-6-19-13(21)9(2)20-12-5-4-11(14(15,16)17)7-10(12)8-18/h1,4-5,7,9,20H,6H2,2H3,(H,19,21). The zero-order chi connectivity index (χ0) is 16.0. The van der Waals surface area contributed by atoms with Crippen LogP contribution in [0.25, 0.3) is 0 Å². The van der Waals surface area contributed by atoms with E-state index in [1.54, 1.807) is 6.07 Å². The number of carbonyl (C=O) groups is 1. The minimum Gasteiger partial charge on any atom is -0.373 e. The molecule has 0 radical (unpaired) electrons. The van der Waals surface area contributed by atoms with Gasteiger partial charge in [0.15, 0.2) is 0 Å². The van der Waals surface area contributed by atoms with Gasteiger partial charge in [-0.15, -0.1) is 6.42 Å². The third-order valence-corrected chi connectivity index (χ3v) is 2.60. The van der Waals surface area contributed by atoms with Crippen molar-refractivity contribution in [2.24, 2.45) is 0 Å². The number of hydrogen-bond acceptors (Lipinski definition) is 3. The predicted octanol–water partition coefficient (Wildman–Crippen LogP) is 2.13. The molecule has 1 amide bonds. The SMILES string of the molecule is C#CCNC(=O)C(C)Nc1ccc(C(F)(F)F)cc1C#N. The van der Waals surface area contributed by atoms with Gasteiger partial charge in [0.05, 0.1) is 23.4 Å². The molecule has 2 N–H and O–H groups in total. The van der Waals surface area contributed by atoms with Crippen molar-refractivity contribution in [2.45, 2.75) is 19.1 Å². The van der Waals surface area contributed by atoms with Crippen LogP contribution in [0.5, 0.6) is 0 Å². The zero-order valence-corrected chi connectivity index (χ0v) is 11.1. The maximum absolute atomic E-state index is 12.6. The second-order valence-corrected chi connectivity index (χ2v) is 4.16. The third kappa shape index (κ3) is 4.43. The summed E-state index contributed by atoms with van der Waals surface area (Å²) in [6.45, 7) is 1.55. The number of terminal acetylenes is 1. The van der Waals surface area contributed by atoms with Gasteiger partial charge in [-0.1, -0.05) is 5.92 Å². The lowest BCUT2D eigenvalue weighted by Gasteiger charge is -2.16. The summed E-state index contributed by atoms with van der Waals surface area (Å²) in [6.07, 6.45) is 0.470. The van der Waals surface area contributed by atoms with E-state index in [-0.39, 0.29) is 17.8 Å². The first-order valence-corrected chi connectivity index (χ1v) is 5.88. The van der Waals surface area contributed by atoms with Crippen molar-refractivity contribution in [1.29, 1.82) is 5.26 Å². The molecule has 0 spiro atoms. The highest BCUT2D eigenvalue weighted by Crippen LogP contribution is 2.31. The van der Waals surface area contributed by atoms with Gasteiger partial charge in [-0.3, -0.25) is 4.79 Å². The molecular formula is C14H12F3N3O. The molecule has 0 aromatic heterocycles. The Bertz CT molecular complexity index is 611. The van der Waals surface area contributed by atoms with E-state index < -0.39 is 23.7 Å². The average Bonchev–Trinajstić information content (AvgIpc) is 2.43. The number of nitriles is 1. The first kappa shape index (κ1) is 16.4. The van der Waals surface area contributed by atoms with Crippen LogP contribution >= 0.6 is 0 Å². The summed E-state index contributed by atoms with van der Waals surface area (Å²) in [7, 11) is 0. The number of carbonyl (C=O) groups excluding carboxylic acids is 1. The summed E-state index contributed by atoms with van der Waals surface area (Å²) in [4.78, 5) is 11.6. The molecule has 7 heteroatoms. The molecule has 1 atom stereocenters. The van der Waals surface area contributed by atoms with E-state index >= 15 is 0 Å². The van der Waals surface area contributed by atoms with Crippen molar-refractivity contribution in [2.75, 3.05) is 11.9 Å². The molecule has 110 valence electrons. The number of nitrogens with one attached hydrogen (secondary N) is 2. The summed E-state index contributed by atoms with van der Waals surface area (Å²) >= 11 is 0. The zero-order valence-electron chi connectivity index (χ0n) is 11.1. The fourth-order valence-electron chi connectivity index (χ4n) is 1.53. The van der Waals surface area contributed by atoms with E-state index in [0.29, 0.717) is 0 Å². The first-order valence-electron chi connectivity index (χ1n) is 5.88. The molecule has 0 saturated carbocycles. The summed E-state index contributed by atoms with van der Waals surface area (Å²) in [5.41, 5.74) is -0.968. The second kappa shape index (κ2) is 6.67. The summed E-state index contributed by atoms with van der Waals surface area (Å²) in [6, 6.07) is 3.61. The van der Waals surface area contributed by atoms with Crippen LogP contribution < -0.4 is 10.6 Å². The highest BCUT2D eigenvalue weighted by atomic mass is 19.4. The number of amides is 1. The normalized spacial score (nSPS) is 11.9. The number of hydrogen-bond donors (Lipinski definition) is 2. The molecule has 4 nitrogen and oxygen atoms in total. The van der Waals surface area contributed by atoms with E-state index in [1.165, 1.54) is 6.92 Å². The molecule has 0 saturated heterocycles. The van der Waals surface area contributed by atoms with Crippen LogP contribution in [0.3, 0.4) is 0 Å². The minimum atomic E-state index is -4.53. The fraction of sp³-hybridized carbons (Fsp3) is 0.286. The molecule has 1 aromatic rings. The molecule has 0 aliphatic carbocycles. The van der Waals surface area contributed by atoms with Crippen molar-refractivity contribution in [3.63, 3.8) is 0 Å². The maximum Gasteiger partial charge on any atom is 0.416 e. The monoisotopic (exact) mass is 295 g/mol. The lowest BCUT2D eigenvalue weighted by atomic mass is 10.1. The quantitative estimate of drug-likeness (QED) is 0.836. The molecule has 0 aliphatic heterocycles. The van der Waals surface area contributed by atoms with E-state index in [9.17, 15) is 18.0 Å². The van der Waals surface area contributed by atoms with Crippen molar-refractivity contribution in [1.82, 2.24) is 5.32 Å². The van der Waals surface area contributed by atoms with Gasteiger partial charge in [0, 0.05) is 0 Å². The van der Waals surface area contributed by atoms with E-state index in [4.69, 9.17) is 11.7 Å². The number of rotatable bonds is 4. The Morgan fingerprint density at radius 2 is 2.14 bits per heavy atom. The molecule has 1 rings (SSSR count). The van der Waals surface area contributed by atoms with Gasteiger partial charge in [-0.05, 0) is 25.1 Å². The largest absolute Gasteiger partial charge is 0.416 e. The Morgan fingerprint density at radius 1 is 1.48 bits per heavy atom. The molecule has 1 aromatic carbocycles. The topological polar surface area (TPSA) is 64.9 Å². The highest BCUT2D eigenvalue weighted by Gasteiger charge is 2.31. The van der Waals surface area contributed by atoms with Gasteiger partial charge >= 0.3 is 6.18 Å². The van der Waals surface area contributed by atoms with E-state index in [2.05, 4.69) is 16.6 Å². The number of benzene rings is 1. The minimum absolute atomic E-state index is 0.0446. The summed E-state index contributed by atoms with van der Waals surface area (Å²) in [5, 5.41) is 14.0. The van der Waals surface area contributed by atoms with E-state index in [1.807, 2.05) is 0 Å². The smallest absolute Gasteiger partial charge is 0.373 e.